The Morgan fingerprint density at radius 2 is 1.78 bits per heavy atom. The first-order chi connectivity index (χ1) is 15.7. The van der Waals surface area contributed by atoms with E-state index in [0.29, 0.717) is 30.7 Å². The number of carbonyl (C=O) groups is 1. The quantitative estimate of drug-likeness (QED) is 0.479. The van der Waals surface area contributed by atoms with Gasteiger partial charge in [-0.1, -0.05) is 75.3 Å². The van der Waals surface area contributed by atoms with Crippen molar-refractivity contribution in [2.45, 2.75) is 83.2 Å². The Labute approximate surface area is 195 Å². The molecule has 3 aliphatic rings. The van der Waals surface area contributed by atoms with Gasteiger partial charge >= 0.3 is 0 Å². The van der Waals surface area contributed by atoms with E-state index in [0.717, 1.165) is 50.8 Å². The molecule has 0 unspecified atom stereocenters. The average molecular weight is 441 g/mol. The number of rotatable bonds is 11. The van der Waals surface area contributed by atoms with Crippen molar-refractivity contribution >= 4 is 5.91 Å². The second-order valence-electron chi connectivity index (χ2n) is 10.7. The van der Waals surface area contributed by atoms with Gasteiger partial charge in [-0.15, -0.1) is 0 Å². The number of ether oxygens (including phenoxy) is 1. The van der Waals surface area contributed by atoms with E-state index in [1.165, 1.54) is 56.9 Å². The number of benzene rings is 1. The summed E-state index contributed by atoms with van der Waals surface area (Å²) in [6, 6.07) is 10.7. The summed E-state index contributed by atoms with van der Waals surface area (Å²) in [5.74, 6) is 2.69. The molecular weight excluding hydrogens is 396 g/mol. The van der Waals surface area contributed by atoms with Crippen molar-refractivity contribution in [2.75, 3.05) is 26.2 Å². The average Bonchev–Trinajstić information content (AvgIpc) is 3.67. The van der Waals surface area contributed by atoms with Gasteiger partial charge in [0.05, 0.1) is 6.10 Å². The minimum Gasteiger partial charge on any atom is -0.373 e. The maximum atomic E-state index is 13.3. The van der Waals surface area contributed by atoms with Gasteiger partial charge in [-0.3, -0.25) is 4.79 Å². The Hall–Kier alpha value is -1.39. The van der Waals surface area contributed by atoms with Gasteiger partial charge in [0.2, 0.25) is 5.91 Å². The zero-order valence-corrected chi connectivity index (χ0v) is 19.9. The van der Waals surface area contributed by atoms with Crippen molar-refractivity contribution in [2.24, 2.45) is 29.4 Å². The summed E-state index contributed by atoms with van der Waals surface area (Å²) < 4.78 is 6.49. The van der Waals surface area contributed by atoms with Crippen molar-refractivity contribution in [3.8, 4) is 0 Å². The lowest BCUT2D eigenvalue weighted by atomic mass is 9.81. The number of hydrogen-bond acceptors (Lipinski definition) is 3. The molecule has 4 heteroatoms. The summed E-state index contributed by atoms with van der Waals surface area (Å²) in [5, 5.41) is 0. The summed E-state index contributed by atoms with van der Waals surface area (Å²) >= 11 is 0. The number of likely N-dealkylation sites (tertiary alicyclic amines) is 1. The molecule has 0 spiro atoms. The number of carbonyl (C=O) groups excluding carboxylic acids is 1. The predicted octanol–water partition coefficient (Wildman–Crippen LogP) is 5.72. The molecule has 2 saturated carbocycles. The van der Waals surface area contributed by atoms with Gasteiger partial charge in [0, 0.05) is 32.0 Å². The molecule has 0 bridgehead atoms. The lowest BCUT2D eigenvalue weighted by Gasteiger charge is -2.38. The molecule has 1 aromatic rings. The molecule has 3 atom stereocenters. The van der Waals surface area contributed by atoms with Gasteiger partial charge in [0.25, 0.3) is 0 Å². The van der Waals surface area contributed by atoms with Crippen LogP contribution in [0.1, 0.15) is 88.7 Å². The molecule has 0 aromatic heterocycles. The van der Waals surface area contributed by atoms with E-state index in [-0.39, 0.29) is 6.10 Å². The lowest BCUT2D eigenvalue weighted by Crippen LogP contribution is -2.43. The summed E-state index contributed by atoms with van der Waals surface area (Å²) in [6.45, 7) is 3.18. The minimum atomic E-state index is 0.0955. The van der Waals surface area contributed by atoms with E-state index in [2.05, 4.69) is 35.2 Å². The van der Waals surface area contributed by atoms with Crippen LogP contribution in [0.3, 0.4) is 0 Å². The lowest BCUT2D eigenvalue weighted by molar-refractivity contribution is -0.135. The predicted molar refractivity (Wildman–Crippen MR) is 130 cm³/mol. The van der Waals surface area contributed by atoms with Crippen LogP contribution in [0.5, 0.6) is 0 Å². The van der Waals surface area contributed by atoms with Gasteiger partial charge < -0.3 is 15.4 Å². The zero-order chi connectivity index (χ0) is 22.2. The van der Waals surface area contributed by atoms with Gasteiger partial charge in [-0.2, -0.15) is 0 Å². The second-order valence-corrected chi connectivity index (χ2v) is 10.7. The maximum absolute atomic E-state index is 13.3. The highest BCUT2D eigenvalue weighted by Gasteiger charge is 2.32. The molecule has 0 radical (unpaired) electrons. The molecule has 32 heavy (non-hydrogen) atoms. The Kier molecular flexibility index (Phi) is 9.04. The molecule has 2 N–H and O–H groups in total. The zero-order valence-electron chi connectivity index (χ0n) is 19.9. The van der Waals surface area contributed by atoms with Crippen LogP contribution in [0.15, 0.2) is 30.3 Å². The minimum absolute atomic E-state index is 0.0955. The Morgan fingerprint density at radius 1 is 1.00 bits per heavy atom. The van der Waals surface area contributed by atoms with Crippen molar-refractivity contribution in [3.05, 3.63) is 35.9 Å². The van der Waals surface area contributed by atoms with Crippen LogP contribution < -0.4 is 5.73 Å². The highest BCUT2D eigenvalue weighted by atomic mass is 16.5. The Balaban J connectivity index is 1.33. The van der Waals surface area contributed by atoms with Crippen LogP contribution >= 0.6 is 0 Å². The number of nitrogens with two attached hydrogens (primary N) is 1. The third-order valence-corrected chi connectivity index (χ3v) is 8.08. The van der Waals surface area contributed by atoms with Crippen molar-refractivity contribution in [1.29, 1.82) is 0 Å². The van der Waals surface area contributed by atoms with E-state index in [9.17, 15) is 4.79 Å². The number of hydrogen-bond donors (Lipinski definition) is 1. The summed E-state index contributed by atoms with van der Waals surface area (Å²) in [4.78, 5) is 15.4. The highest BCUT2D eigenvalue weighted by molar-refractivity contribution is 5.76. The fourth-order valence-corrected chi connectivity index (χ4v) is 5.93. The molecule has 4 rings (SSSR count). The topological polar surface area (TPSA) is 55.6 Å². The fraction of sp³-hybridized carbons (Fsp3) is 0.750. The van der Waals surface area contributed by atoms with E-state index in [4.69, 9.17) is 10.5 Å². The first kappa shape index (κ1) is 23.8. The van der Waals surface area contributed by atoms with Crippen LogP contribution in [0.25, 0.3) is 0 Å². The third kappa shape index (κ3) is 7.05. The van der Waals surface area contributed by atoms with Gasteiger partial charge in [-0.25, -0.2) is 0 Å². The SMILES string of the molecule is NC[C@@H](CC(=O)N1CCC[C@@H]([C@@H](OCCC2CC2)c2ccccc2)C1)CC1CCCCC1. The van der Waals surface area contributed by atoms with E-state index in [1.54, 1.807) is 0 Å². The van der Waals surface area contributed by atoms with E-state index >= 15 is 0 Å². The Bertz CT molecular complexity index is 684. The normalized spacial score (nSPS) is 24.3. The van der Waals surface area contributed by atoms with Crippen LogP contribution in [-0.4, -0.2) is 37.0 Å². The molecule has 4 nitrogen and oxygen atoms in total. The van der Waals surface area contributed by atoms with Crippen LogP contribution in [0, 0.1) is 23.7 Å². The summed E-state index contributed by atoms with van der Waals surface area (Å²) in [7, 11) is 0. The monoisotopic (exact) mass is 440 g/mol. The molecule has 1 amide bonds. The molecular formula is C28H44N2O2. The van der Waals surface area contributed by atoms with Crippen molar-refractivity contribution in [3.63, 3.8) is 0 Å². The second kappa shape index (κ2) is 12.2. The maximum Gasteiger partial charge on any atom is 0.222 e. The van der Waals surface area contributed by atoms with Gasteiger partial charge in [0.1, 0.15) is 0 Å². The Morgan fingerprint density at radius 3 is 2.50 bits per heavy atom. The number of nitrogens with zero attached hydrogens (tertiary/aromatic N) is 1. The molecule has 1 aliphatic heterocycles. The van der Waals surface area contributed by atoms with Crippen molar-refractivity contribution < 1.29 is 9.53 Å². The molecule has 1 aromatic carbocycles. The first-order valence-electron chi connectivity index (χ1n) is 13.4. The number of piperidine rings is 1. The largest absolute Gasteiger partial charge is 0.373 e. The number of amides is 1. The smallest absolute Gasteiger partial charge is 0.222 e. The van der Waals surface area contributed by atoms with Crippen LogP contribution in [0.2, 0.25) is 0 Å². The fourth-order valence-electron chi connectivity index (χ4n) is 5.93. The molecule has 1 saturated heterocycles. The van der Waals surface area contributed by atoms with Crippen LogP contribution in [0.4, 0.5) is 0 Å². The summed E-state index contributed by atoms with van der Waals surface area (Å²) in [5.41, 5.74) is 7.38. The van der Waals surface area contributed by atoms with Gasteiger partial charge in [-0.05, 0) is 55.5 Å². The van der Waals surface area contributed by atoms with Crippen LogP contribution in [-0.2, 0) is 9.53 Å². The molecule has 3 fully saturated rings. The molecule has 2 aliphatic carbocycles. The van der Waals surface area contributed by atoms with Gasteiger partial charge in [0.15, 0.2) is 0 Å². The standard InChI is InChI=1S/C28H44N2O2/c29-20-24(18-23-8-3-1-4-9-23)19-27(31)30-16-7-12-26(21-30)28(25-10-5-2-6-11-25)32-17-15-22-13-14-22/h2,5-6,10-11,22-24,26,28H,1,3-4,7-9,12-21,29H2/t24-,26-,28+/m1/s1. The first-order valence-corrected chi connectivity index (χ1v) is 13.4. The van der Waals surface area contributed by atoms with E-state index in [1.807, 2.05) is 0 Å². The highest BCUT2D eigenvalue weighted by Crippen LogP contribution is 2.36. The molecule has 1 heterocycles. The third-order valence-electron chi connectivity index (χ3n) is 8.08. The van der Waals surface area contributed by atoms with Crippen molar-refractivity contribution in [1.82, 2.24) is 4.90 Å². The molecule has 178 valence electrons. The van der Waals surface area contributed by atoms with E-state index < -0.39 is 0 Å². The summed E-state index contributed by atoms with van der Waals surface area (Å²) in [6.07, 6.45) is 14.7.